The average Bonchev–Trinajstić information content (AvgIpc) is 2.06. The normalized spacial score (nSPS) is 8.75. The summed E-state index contributed by atoms with van der Waals surface area (Å²) in [6.45, 7) is 0.134. The number of hydrogen-bond donors (Lipinski definition) is 1. The lowest BCUT2D eigenvalue weighted by molar-refractivity contribution is -0.117. The highest BCUT2D eigenvalue weighted by Gasteiger charge is 1.98. The van der Waals surface area contributed by atoms with Crippen molar-refractivity contribution in [3.63, 3.8) is 0 Å². The Hall–Kier alpha value is -0.860. The predicted octanol–water partition coefficient (Wildman–Crippen LogP) is 1.18. The van der Waals surface area contributed by atoms with Gasteiger partial charge in [0.1, 0.15) is 0 Å². The maximum Gasteiger partial charge on any atom is 0.150 e. The largest absolute Gasteiger partial charge is 0.324 e. The highest BCUT2D eigenvalue weighted by molar-refractivity contribution is 5.85. The second kappa shape index (κ2) is 5.75. The molecular formula is C9H12ClNO. The van der Waals surface area contributed by atoms with Crippen LogP contribution in [-0.2, 0) is 11.2 Å². The third-order valence-electron chi connectivity index (χ3n) is 1.47. The van der Waals surface area contributed by atoms with Gasteiger partial charge in [0.15, 0.2) is 5.78 Å². The first kappa shape index (κ1) is 11.1. The van der Waals surface area contributed by atoms with Crippen LogP contribution >= 0.6 is 12.4 Å². The molecule has 0 atom stereocenters. The highest BCUT2D eigenvalue weighted by atomic mass is 35.5. The van der Waals surface area contributed by atoms with Crippen molar-refractivity contribution in [3.05, 3.63) is 35.9 Å². The molecule has 2 nitrogen and oxygen atoms in total. The highest BCUT2D eigenvalue weighted by Crippen LogP contribution is 1.98. The summed E-state index contributed by atoms with van der Waals surface area (Å²) in [5.74, 6) is 0.0798. The van der Waals surface area contributed by atoms with Crippen LogP contribution in [-0.4, -0.2) is 12.3 Å². The van der Waals surface area contributed by atoms with Crippen molar-refractivity contribution in [3.8, 4) is 0 Å². The molecule has 0 aliphatic heterocycles. The van der Waals surface area contributed by atoms with E-state index < -0.39 is 0 Å². The first-order valence-corrected chi connectivity index (χ1v) is 3.58. The van der Waals surface area contributed by atoms with Gasteiger partial charge in [0.25, 0.3) is 0 Å². The van der Waals surface area contributed by atoms with E-state index in [0.29, 0.717) is 6.42 Å². The third kappa shape index (κ3) is 3.51. The number of benzene rings is 1. The van der Waals surface area contributed by atoms with Crippen molar-refractivity contribution in [1.29, 1.82) is 0 Å². The first-order valence-electron chi connectivity index (χ1n) is 3.58. The smallest absolute Gasteiger partial charge is 0.150 e. The minimum Gasteiger partial charge on any atom is -0.324 e. The van der Waals surface area contributed by atoms with Crippen molar-refractivity contribution in [1.82, 2.24) is 0 Å². The van der Waals surface area contributed by atoms with Gasteiger partial charge >= 0.3 is 0 Å². The molecule has 0 unspecified atom stereocenters. The Morgan fingerprint density at radius 1 is 1.25 bits per heavy atom. The molecule has 0 radical (unpaired) electrons. The second-order valence-electron chi connectivity index (χ2n) is 2.41. The lowest BCUT2D eigenvalue weighted by atomic mass is 10.1. The lowest BCUT2D eigenvalue weighted by Crippen LogP contribution is -2.15. The number of hydrogen-bond acceptors (Lipinski definition) is 2. The zero-order valence-corrected chi connectivity index (χ0v) is 7.51. The Bertz CT molecular complexity index is 236. The summed E-state index contributed by atoms with van der Waals surface area (Å²) in [6, 6.07) is 9.61. The predicted molar refractivity (Wildman–Crippen MR) is 51.5 cm³/mol. The fraction of sp³-hybridized carbons (Fsp3) is 0.222. The van der Waals surface area contributed by atoms with Gasteiger partial charge in [-0.1, -0.05) is 30.3 Å². The van der Waals surface area contributed by atoms with Crippen molar-refractivity contribution in [2.75, 3.05) is 6.54 Å². The van der Waals surface area contributed by atoms with Crippen LogP contribution in [0.15, 0.2) is 30.3 Å². The second-order valence-corrected chi connectivity index (χ2v) is 2.41. The molecule has 0 bridgehead atoms. The molecule has 2 N–H and O–H groups in total. The van der Waals surface area contributed by atoms with E-state index in [9.17, 15) is 4.79 Å². The van der Waals surface area contributed by atoms with Crippen LogP contribution in [0.25, 0.3) is 0 Å². The number of rotatable bonds is 3. The quantitative estimate of drug-likeness (QED) is 0.769. The van der Waals surface area contributed by atoms with Gasteiger partial charge in [-0.15, -0.1) is 12.4 Å². The van der Waals surface area contributed by atoms with Crippen LogP contribution < -0.4 is 5.73 Å². The molecule has 1 rings (SSSR count). The molecule has 0 heterocycles. The van der Waals surface area contributed by atoms with Crippen LogP contribution in [0.5, 0.6) is 0 Å². The monoisotopic (exact) mass is 185 g/mol. The molecule has 0 saturated heterocycles. The van der Waals surface area contributed by atoms with Crippen LogP contribution in [0.3, 0.4) is 0 Å². The molecule has 66 valence electrons. The number of carbonyl (C=O) groups excluding carboxylic acids is 1. The molecule has 3 heteroatoms. The fourth-order valence-electron chi connectivity index (χ4n) is 0.896. The summed E-state index contributed by atoms with van der Waals surface area (Å²) in [4.78, 5) is 10.9. The number of nitrogens with two attached hydrogens (primary N) is 1. The van der Waals surface area contributed by atoms with Crippen LogP contribution in [0, 0.1) is 0 Å². The van der Waals surface area contributed by atoms with E-state index in [1.54, 1.807) is 0 Å². The number of ketones is 1. The Morgan fingerprint density at radius 3 is 2.33 bits per heavy atom. The zero-order chi connectivity index (χ0) is 8.10. The zero-order valence-electron chi connectivity index (χ0n) is 6.69. The topological polar surface area (TPSA) is 43.1 Å². The SMILES string of the molecule is Cl.NCC(=O)Cc1ccccc1. The Kier molecular flexibility index (Phi) is 5.34. The summed E-state index contributed by atoms with van der Waals surface area (Å²) < 4.78 is 0. The fourth-order valence-corrected chi connectivity index (χ4v) is 0.896. The van der Waals surface area contributed by atoms with Gasteiger partial charge < -0.3 is 5.73 Å². The van der Waals surface area contributed by atoms with Crippen LogP contribution in [0.1, 0.15) is 5.56 Å². The summed E-state index contributed by atoms with van der Waals surface area (Å²) >= 11 is 0. The Labute approximate surface area is 78.2 Å². The summed E-state index contributed by atoms with van der Waals surface area (Å²) in [7, 11) is 0. The van der Waals surface area contributed by atoms with Gasteiger partial charge in [-0.05, 0) is 5.56 Å². The van der Waals surface area contributed by atoms with E-state index in [4.69, 9.17) is 5.73 Å². The molecule has 1 aromatic carbocycles. The summed E-state index contributed by atoms with van der Waals surface area (Å²) in [5.41, 5.74) is 6.20. The van der Waals surface area contributed by atoms with Gasteiger partial charge in [0, 0.05) is 6.42 Å². The standard InChI is InChI=1S/C9H11NO.ClH/c10-7-9(11)6-8-4-2-1-3-5-8;/h1-5H,6-7,10H2;1H. The molecule has 0 fully saturated rings. The maximum absolute atomic E-state index is 10.9. The summed E-state index contributed by atoms with van der Waals surface area (Å²) in [6.07, 6.45) is 0.456. The number of carbonyl (C=O) groups is 1. The molecule has 0 aliphatic rings. The van der Waals surface area contributed by atoms with Gasteiger partial charge in [-0.2, -0.15) is 0 Å². The van der Waals surface area contributed by atoms with Crippen LogP contribution in [0.2, 0.25) is 0 Å². The van der Waals surface area contributed by atoms with E-state index in [-0.39, 0.29) is 24.7 Å². The number of halogens is 1. The minimum absolute atomic E-state index is 0. The maximum atomic E-state index is 10.9. The molecule has 12 heavy (non-hydrogen) atoms. The van der Waals surface area contributed by atoms with E-state index in [2.05, 4.69) is 0 Å². The molecule has 0 saturated carbocycles. The lowest BCUT2D eigenvalue weighted by Gasteiger charge is -1.96. The van der Waals surface area contributed by atoms with Crippen molar-refractivity contribution >= 4 is 18.2 Å². The van der Waals surface area contributed by atoms with Gasteiger partial charge in [-0.3, -0.25) is 4.79 Å². The van der Waals surface area contributed by atoms with Crippen LogP contribution in [0.4, 0.5) is 0 Å². The van der Waals surface area contributed by atoms with E-state index >= 15 is 0 Å². The number of Topliss-reactive ketones (excluding diaryl/α,β-unsaturated/α-hetero) is 1. The van der Waals surface area contributed by atoms with E-state index in [1.807, 2.05) is 30.3 Å². The van der Waals surface area contributed by atoms with Crippen molar-refractivity contribution in [2.24, 2.45) is 5.73 Å². The average molecular weight is 186 g/mol. The van der Waals surface area contributed by atoms with Gasteiger partial charge in [-0.25, -0.2) is 0 Å². The van der Waals surface area contributed by atoms with Gasteiger partial charge in [0.05, 0.1) is 6.54 Å². The van der Waals surface area contributed by atoms with E-state index in [0.717, 1.165) is 5.56 Å². The molecule has 0 aliphatic carbocycles. The molecule has 0 spiro atoms. The third-order valence-corrected chi connectivity index (χ3v) is 1.47. The Balaban J connectivity index is 0.00000121. The van der Waals surface area contributed by atoms with Crippen molar-refractivity contribution < 1.29 is 4.79 Å². The molecular weight excluding hydrogens is 174 g/mol. The Morgan fingerprint density at radius 2 is 1.83 bits per heavy atom. The minimum atomic E-state index is 0. The van der Waals surface area contributed by atoms with E-state index in [1.165, 1.54) is 0 Å². The van der Waals surface area contributed by atoms with Crippen molar-refractivity contribution in [2.45, 2.75) is 6.42 Å². The molecule has 1 aromatic rings. The molecule has 0 amide bonds. The molecule has 0 aromatic heterocycles. The van der Waals surface area contributed by atoms with Gasteiger partial charge in [0.2, 0.25) is 0 Å². The first-order chi connectivity index (χ1) is 5.33. The summed E-state index contributed by atoms with van der Waals surface area (Å²) in [5, 5.41) is 0.